The fraction of sp³-hybridized carbons (Fsp3) is 0.321. The van der Waals surface area contributed by atoms with Crippen molar-refractivity contribution in [2.75, 3.05) is 23.8 Å². The molecule has 1 unspecified atom stereocenters. The summed E-state index contributed by atoms with van der Waals surface area (Å²) in [6.07, 6.45) is 5.78. The maximum Gasteiger partial charge on any atom is 0.337 e. The highest BCUT2D eigenvalue weighted by Gasteiger charge is 2.24. The standard InChI is InChI=1S/C28H29N7O2/c1-17-12-21(18(2)31-22-7-5-4-6-20(22)28(36)37)26-23(13-17)32-24(15-29)27(33-26)34(3)16-19-8-10-35-11-9-30-25(35)14-19/h4-7,9,11-13,18-19,31H,8,10,14,16H2,1-3H3,(H,36,37)/t18-,19?/m1/s1. The van der Waals surface area contributed by atoms with Crippen molar-refractivity contribution in [3.63, 3.8) is 0 Å². The molecule has 0 spiro atoms. The lowest BCUT2D eigenvalue weighted by Gasteiger charge is -2.29. The average molecular weight is 496 g/mol. The number of nitriles is 1. The molecule has 0 bridgehead atoms. The van der Waals surface area contributed by atoms with E-state index in [1.165, 1.54) is 0 Å². The van der Waals surface area contributed by atoms with Crippen molar-refractivity contribution < 1.29 is 9.90 Å². The molecular weight excluding hydrogens is 466 g/mol. The van der Waals surface area contributed by atoms with Gasteiger partial charge in [0, 0.05) is 50.2 Å². The number of anilines is 2. The predicted molar refractivity (Wildman–Crippen MR) is 142 cm³/mol. The Morgan fingerprint density at radius 1 is 1.32 bits per heavy atom. The van der Waals surface area contributed by atoms with E-state index in [0.29, 0.717) is 34.2 Å². The number of para-hydroxylation sites is 1. The van der Waals surface area contributed by atoms with Crippen LogP contribution >= 0.6 is 0 Å². The zero-order valence-corrected chi connectivity index (χ0v) is 21.1. The number of carboxylic acids is 1. The summed E-state index contributed by atoms with van der Waals surface area (Å²) in [4.78, 5) is 27.9. The van der Waals surface area contributed by atoms with E-state index in [-0.39, 0.29) is 11.6 Å². The Labute approximate surface area is 215 Å². The largest absolute Gasteiger partial charge is 0.478 e. The first kappa shape index (κ1) is 24.3. The van der Waals surface area contributed by atoms with Crippen molar-refractivity contribution in [3.05, 3.63) is 77.0 Å². The van der Waals surface area contributed by atoms with Gasteiger partial charge in [-0.25, -0.2) is 19.7 Å². The first-order chi connectivity index (χ1) is 17.8. The lowest BCUT2D eigenvalue weighted by Crippen LogP contribution is -2.32. The van der Waals surface area contributed by atoms with Gasteiger partial charge >= 0.3 is 5.97 Å². The maximum absolute atomic E-state index is 11.7. The zero-order chi connectivity index (χ0) is 26.1. The number of rotatable bonds is 7. The zero-order valence-electron chi connectivity index (χ0n) is 21.1. The summed E-state index contributed by atoms with van der Waals surface area (Å²) in [5.74, 6) is 1.05. The second kappa shape index (κ2) is 9.90. The first-order valence-electron chi connectivity index (χ1n) is 12.4. The Morgan fingerprint density at radius 2 is 2.14 bits per heavy atom. The quantitative estimate of drug-likeness (QED) is 0.382. The monoisotopic (exact) mass is 495 g/mol. The fourth-order valence-corrected chi connectivity index (χ4v) is 5.15. The normalized spacial score (nSPS) is 15.6. The third kappa shape index (κ3) is 4.83. The SMILES string of the molecule is Cc1cc([C@@H](C)Nc2ccccc2C(=O)O)c2nc(N(C)CC3CCn4ccnc4C3)c(C#N)nc2c1. The number of nitrogens with zero attached hydrogens (tertiary/aromatic N) is 6. The number of benzene rings is 2. The lowest BCUT2D eigenvalue weighted by molar-refractivity contribution is 0.0698. The molecule has 0 saturated carbocycles. The topological polar surface area (TPSA) is 120 Å². The highest BCUT2D eigenvalue weighted by molar-refractivity contribution is 5.94. The Kier molecular flexibility index (Phi) is 6.49. The van der Waals surface area contributed by atoms with Crippen LogP contribution in [0.5, 0.6) is 0 Å². The van der Waals surface area contributed by atoms with Gasteiger partial charge in [0.1, 0.15) is 11.9 Å². The summed E-state index contributed by atoms with van der Waals surface area (Å²) in [7, 11) is 1.95. The predicted octanol–water partition coefficient (Wildman–Crippen LogP) is 4.58. The lowest BCUT2D eigenvalue weighted by atomic mass is 9.97. The maximum atomic E-state index is 11.7. The van der Waals surface area contributed by atoms with Gasteiger partial charge in [0.05, 0.1) is 22.6 Å². The summed E-state index contributed by atoms with van der Waals surface area (Å²) in [5, 5.41) is 22.8. The number of hydrogen-bond donors (Lipinski definition) is 2. The second-order valence-electron chi connectivity index (χ2n) is 9.72. The molecule has 2 aromatic heterocycles. The number of imidazole rings is 1. The number of nitrogens with one attached hydrogen (secondary N) is 1. The molecule has 2 aromatic carbocycles. The molecular formula is C28H29N7O2. The highest BCUT2D eigenvalue weighted by Crippen LogP contribution is 2.31. The fourth-order valence-electron chi connectivity index (χ4n) is 5.15. The van der Waals surface area contributed by atoms with E-state index in [0.717, 1.165) is 42.9 Å². The van der Waals surface area contributed by atoms with Gasteiger partial charge in [-0.1, -0.05) is 18.2 Å². The van der Waals surface area contributed by atoms with Crippen LogP contribution in [0.1, 0.15) is 52.4 Å². The van der Waals surface area contributed by atoms with Crippen LogP contribution in [0.4, 0.5) is 11.5 Å². The van der Waals surface area contributed by atoms with E-state index in [4.69, 9.17) is 4.98 Å². The average Bonchev–Trinajstić information content (AvgIpc) is 3.35. The Hall–Kier alpha value is -4.45. The van der Waals surface area contributed by atoms with E-state index >= 15 is 0 Å². The molecule has 3 heterocycles. The molecule has 1 aliphatic heterocycles. The minimum atomic E-state index is -0.989. The number of carboxylic acid groups (broad SMARTS) is 1. The third-order valence-corrected chi connectivity index (χ3v) is 6.97. The van der Waals surface area contributed by atoms with Gasteiger partial charge in [-0.2, -0.15) is 5.26 Å². The molecule has 37 heavy (non-hydrogen) atoms. The van der Waals surface area contributed by atoms with Crippen LogP contribution in [-0.4, -0.2) is 44.2 Å². The Balaban J connectivity index is 1.49. The van der Waals surface area contributed by atoms with Gasteiger partial charge in [-0.3, -0.25) is 0 Å². The number of fused-ring (bicyclic) bond motifs is 2. The second-order valence-corrected chi connectivity index (χ2v) is 9.72. The summed E-state index contributed by atoms with van der Waals surface area (Å²) in [6.45, 7) is 5.62. The van der Waals surface area contributed by atoms with Crippen molar-refractivity contribution in [2.24, 2.45) is 5.92 Å². The molecule has 9 nitrogen and oxygen atoms in total. The minimum Gasteiger partial charge on any atom is -0.478 e. The van der Waals surface area contributed by atoms with E-state index in [2.05, 4.69) is 25.9 Å². The van der Waals surface area contributed by atoms with Crippen LogP contribution in [0.15, 0.2) is 48.8 Å². The molecule has 0 amide bonds. The van der Waals surface area contributed by atoms with Gasteiger partial charge in [0.25, 0.3) is 0 Å². The van der Waals surface area contributed by atoms with Crippen LogP contribution in [0.2, 0.25) is 0 Å². The summed E-state index contributed by atoms with van der Waals surface area (Å²) >= 11 is 0. The van der Waals surface area contributed by atoms with E-state index < -0.39 is 5.97 Å². The molecule has 2 N–H and O–H groups in total. The van der Waals surface area contributed by atoms with Crippen molar-refractivity contribution in [1.29, 1.82) is 5.26 Å². The number of hydrogen-bond acceptors (Lipinski definition) is 7. The van der Waals surface area contributed by atoms with Crippen molar-refractivity contribution in [3.8, 4) is 6.07 Å². The smallest absolute Gasteiger partial charge is 0.337 e. The van der Waals surface area contributed by atoms with Gasteiger partial charge in [-0.15, -0.1) is 0 Å². The van der Waals surface area contributed by atoms with Crippen molar-refractivity contribution >= 4 is 28.5 Å². The third-order valence-electron chi connectivity index (χ3n) is 6.97. The van der Waals surface area contributed by atoms with Crippen molar-refractivity contribution in [2.45, 2.75) is 39.3 Å². The molecule has 4 aromatic rings. The molecule has 9 heteroatoms. The summed E-state index contributed by atoms with van der Waals surface area (Å²) in [5.41, 5.74) is 4.24. The number of carbonyl (C=O) groups is 1. The molecule has 5 rings (SSSR count). The van der Waals surface area contributed by atoms with Crippen molar-refractivity contribution in [1.82, 2.24) is 19.5 Å². The highest BCUT2D eigenvalue weighted by atomic mass is 16.4. The van der Waals surface area contributed by atoms with Crippen LogP contribution < -0.4 is 10.2 Å². The number of aromatic carboxylic acids is 1. The molecule has 0 aliphatic carbocycles. The van der Waals surface area contributed by atoms with E-state index in [1.807, 2.05) is 50.3 Å². The Bertz CT molecular complexity index is 1520. The summed E-state index contributed by atoms with van der Waals surface area (Å²) < 4.78 is 2.19. The van der Waals surface area contributed by atoms with E-state index in [9.17, 15) is 15.2 Å². The molecule has 2 atom stereocenters. The van der Waals surface area contributed by atoms with Gasteiger partial charge in [0.15, 0.2) is 11.5 Å². The molecule has 0 saturated heterocycles. The number of aromatic nitrogens is 4. The Morgan fingerprint density at radius 3 is 2.92 bits per heavy atom. The van der Waals surface area contributed by atoms with Gasteiger partial charge in [-0.05, 0) is 49.9 Å². The molecule has 188 valence electrons. The number of aryl methyl sites for hydroxylation is 2. The van der Waals surface area contributed by atoms with Gasteiger partial charge in [0.2, 0.25) is 0 Å². The summed E-state index contributed by atoms with van der Waals surface area (Å²) in [6, 6.07) is 12.8. The minimum absolute atomic E-state index is 0.206. The first-order valence-corrected chi connectivity index (χ1v) is 12.4. The van der Waals surface area contributed by atoms with Crippen LogP contribution in [-0.2, 0) is 13.0 Å². The molecule has 1 aliphatic rings. The van der Waals surface area contributed by atoms with Gasteiger partial charge < -0.3 is 19.9 Å². The molecule has 0 radical (unpaired) electrons. The van der Waals surface area contributed by atoms with Crippen LogP contribution in [0.3, 0.4) is 0 Å². The van der Waals surface area contributed by atoms with Crippen LogP contribution in [0, 0.1) is 24.2 Å². The van der Waals surface area contributed by atoms with Crippen LogP contribution in [0.25, 0.3) is 11.0 Å². The molecule has 0 fully saturated rings. The van der Waals surface area contributed by atoms with E-state index in [1.54, 1.807) is 24.3 Å².